The molecule has 2 unspecified atom stereocenters. The first-order chi connectivity index (χ1) is 9.95. The Morgan fingerprint density at radius 3 is 2.48 bits per heavy atom. The Morgan fingerprint density at radius 2 is 1.81 bits per heavy atom. The summed E-state index contributed by atoms with van der Waals surface area (Å²) < 4.78 is 0. The van der Waals surface area contributed by atoms with E-state index in [4.69, 9.17) is 0 Å². The van der Waals surface area contributed by atoms with Crippen molar-refractivity contribution < 1.29 is 5.11 Å². The molecule has 1 aliphatic carbocycles. The number of aliphatic hydroxyl groups excluding tert-OH is 1. The summed E-state index contributed by atoms with van der Waals surface area (Å²) in [6.45, 7) is 6.68. The van der Waals surface area contributed by atoms with E-state index in [-0.39, 0.29) is 11.5 Å². The lowest BCUT2D eigenvalue weighted by Gasteiger charge is -2.28. The molecule has 2 heteroatoms. The smallest absolute Gasteiger partial charge is 0.0913 e. The van der Waals surface area contributed by atoms with E-state index in [1.807, 2.05) is 0 Å². The molecule has 2 aromatic rings. The summed E-state index contributed by atoms with van der Waals surface area (Å²) in [5.41, 5.74) is 3.05. The van der Waals surface area contributed by atoms with E-state index >= 15 is 0 Å². The maximum Gasteiger partial charge on any atom is 0.0913 e. The van der Waals surface area contributed by atoms with Gasteiger partial charge in [-0.25, -0.2) is 0 Å². The SMILES string of the molecule is CC(C)(C)c1ccc(C(O)C2CCc3ccccc3C2)s1. The molecule has 1 aromatic carbocycles. The highest BCUT2D eigenvalue weighted by molar-refractivity contribution is 7.12. The van der Waals surface area contributed by atoms with Crippen LogP contribution in [0.15, 0.2) is 36.4 Å². The third kappa shape index (κ3) is 3.07. The molecule has 0 saturated carbocycles. The Hall–Kier alpha value is -1.12. The number of hydrogen-bond acceptors (Lipinski definition) is 2. The number of benzene rings is 1. The van der Waals surface area contributed by atoms with E-state index in [0.29, 0.717) is 5.92 Å². The maximum absolute atomic E-state index is 10.8. The molecule has 0 aliphatic heterocycles. The molecular formula is C19H24OS. The van der Waals surface area contributed by atoms with Gasteiger partial charge in [0.2, 0.25) is 0 Å². The van der Waals surface area contributed by atoms with Crippen LogP contribution in [-0.2, 0) is 18.3 Å². The summed E-state index contributed by atoms with van der Waals surface area (Å²) in [5.74, 6) is 0.353. The highest BCUT2D eigenvalue weighted by Gasteiger charge is 2.27. The van der Waals surface area contributed by atoms with Gasteiger partial charge < -0.3 is 5.11 Å². The van der Waals surface area contributed by atoms with Crippen LogP contribution in [0, 0.1) is 5.92 Å². The van der Waals surface area contributed by atoms with Crippen LogP contribution >= 0.6 is 11.3 Å². The van der Waals surface area contributed by atoms with Crippen LogP contribution in [0.1, 0.15) is 54.2 Å². The van der Waals surface area contributed by atoms with Gasteiger partial charge in [0.05, 0.1) is 6.10 Å². The third-order valence-corrected chi connectivity index (χ3v) is 6.07. The number of aliphatic hydroxyl groups is 1. The summed E-state index contributed by atoms with van der Waals surface area (Å²) in [6.07, 6.45) is 2.86. The first-order valence-electron chi connectivity index (χ1n) is 7.80. The third-order valence-electron chi connectivity index (χ3n) is 4.49. The molecule has 0 amide bonds. The van der Waals surface area contributed by atoms with E-state index in [9.17, 15) is 5.11 Å². The predicted molar refractivity (Wildman–Crippen MR) is 89.9 cm³/mol. The van der Waals surface area contributed by atoms with Crippen molar-refractivity contribution in [1.29, 1.82) is 0 Å². The van der Waals surface area contributed by atoms with Gasteiger partial charge in [-0.3, -0.25) is 0 Å². The Morgan fingerprint density at radius 1 is 1.10 bits per heavy atom. The second-order valence-electron chi connectivity index (χ2n) is 7.17. The lowest BCUT2D eigenvalue weighted by Crippen LogP contribution is -2.20. The molecule has 0 bridgehead atoms. The van der Waals surface area contributed by atoms with Crippen LogP contribution in [-0.4, -0.2) is 5.11 Å². The van der Waals surface area contributed by atoms with Crippen molar-refractivity contribution in [3.05, 3.63) is 57.3 Å². The molecular weight excluding hydrogens is 276 g/mol. The fraction of sp³-hybridized carbons (Fsp3) is 0.474. The minimum atomic E-state index is -0.320. The van der Waals surface area contributed by atoms with Crippen molar-refractivity contribution in [3.8, 4) is 0 Å². The lowest BCUT2D eigenvalue weighted by molar-refractivity contribution is 0.103. The Balaban J connectivity index is 1.77. The predicted octanol–water partition coefficient (Wildman–Crippen LogP) is 4.88. The van der Waals surface area contributed by atoms with Crippen LogP contribution < -0.4 is 0 Å². The Bertz CT molecular complexity index is 620. The van der Waals surface area contributed by atoms with Crippen molar-refractivity contribution in [2.45, 2.75) is 51.6 Å². The Labute approximate surface area is 131 Å². The zero-order chi connectivity index (χ0) is 15.0. The molecule has 21 heavy (non-hydrogen) atoms. The van der Waals surface area contributed by atoms with Crippen molar-refractivity contribution in [3.63, 3.8) is 0 Å². The van der Waals surface area contributed by atoms with Crippen LogP contribution in [0.5, 0.6) is 0 Å². The van der Waals surface area contributed by atoms with Gasteiger partial charge in [0.1, 0.15) is 0 Å². The number of fused-ring (bicyclic) bond motifs is 1. The average Bonchev–Trinajstić information content (AvgIpc) is 2.96. The molecule has 0 spiro atoms. The lowest BCUT2D eigenvalue weighted by atomic mass is 9.80. The van der Waals surface area contributed by atoms with Crippen LogP contribution in [0.25, 0.3) is 0 Å². The topological polar surface area (TPSA) is 20.2 Å². The van der Waals surface area contributed by atoms with Crippen LogP contribution in [0.3, 0.4) is 0 Å². The van der Waals surface area contributed by atoms with Gasteiger partial charge in [0.25, 0.3) is 0 Å². The van der Waals surface area contributed by atoms with E-state index in [1.165, 1.54) is 16.0 Å². The highest BCUT2D eigenvalue weighted by atomic mass is 32.1. The van der Waals surface area contributed by atoms with Gasteiger partial charge in [-0.05, 0) is 53.9 Å². The quantitative estimate of drug-likeness (QED) is 0.837. The van der Waals surface area contributed by atoms with Crippen molar-refractivity contribution in [2.24, 2.45) is 5.92 Å². The van der Waals surface area contributed by atoms with Gasteiger partial charge in [-0.2, -0.15) is 0 Å². The molecule has 1 N–H and O–H groups in total. The standard InChI is InChI=1S/C19H24OS/c1-19(2,3)17-11-10-16(21-17)18(20)15-9-8-13-6-4-5-7-14(13)12-15/h4-7,10-11,15,18,20H,8-9,12H2,1-3H3. The van der Waals surface area contributed by atoms with E-state index in [2.05, 4.69) is 57.2 Å². The molecule has 0 saturated heterocycles. The van der Waals surface area contributed by atoms with Gasteiger partial charge in [-0.15, -0.1) is 11.3 Å². The first kappa shape index (κ1) is 14.8. The van der Waals surface area contributed by atoms with Crippen LogP contribution in [0.2, 0.25) is 0 Å². The fourth-order valence-electron chi connectivity index (χ4n) is 3.14. The van der Waals surface area contributed by atoms with Gasteiger partial charge in [0.15, 0.2) is 0 Å². The normalized spacial score (nSPS) is 20.1. The minimum Gasteiger partial charge on any atom is -0.387 e. The van der Waals surface area contributed by atoms with E-state index < -0.39 is 0 Å². The van der Waals surface area contributed by atoms with Crippen molar-refractivity contribution >= 4 is 11.3 Å². The molecule has 3 rings (SSSR count). The summed E-state index contributed by atoms with van der Waals surface area (Å²) in [5, 5.41) is 10.8. The molecule has 1 aliphatic rings. The fourth-order valence-corrected chi connectivity index (χ4v) is 4.29. The van der Waals surface area contributed by atoms with Crippen LogP contribution in [0.4, 0.5) is 0 Å². The molecule has 1 nitrogen and oxygen atoms in total. The average molecular weight is 300 g/mol. The van der Waals surface area contributed by atoms with Gasteiger partial charge in [-0.1, -0.05) is 45.0 Å². The number of rotatable bonds is 2. The van der Waals surface area contributed by atoms with Gasteiger partial charge >= 0.3 is 0 Å². The second kappa shape index (κ2) is 5.58. The second-order valence-corrected chi connectivity index (χ2v) is 8.28. The molecule has 1 heterocycles. The summed E-state index contributed by atoms with van der Waals surface area (Å²) >= 11 is 1.77. The Kier molecular flexibility index (Phi) is 3.94. The summed E-state index contributed by atoms with van der Waals surface area (Å²) in [6, 6.07) is 13.0. The molecule has 0 radical (unpaired) electrons. The molecule has 2 atom stereocenters. The van der Waals surface area contributed by atoms with Crippen molar-refractivity contribution in [1.82, 2.24) is 0 Å². The number of aryl methyl sites for hydroxylation is 1. The van der Waals surface area contributed by atoms with Gasteiger partial charge in [0, 0.05) is 9.75 Å². The molecule has 112 valence electrons. The number of thiophene rings is 1. The highest BCUT2D eigenvalue weighted by Crippen LogP contribution is 2.39. The maximum atomic E-state index is 10.8. The first-order valence-corrected chi connectivity index (χ1v) is 8.62. The van der Waals surface area contributed by atoms with E-state index in [0.717, 1.165) is 24.1 Å². The zero-order valence-corrected chi connectivity index (χ0v) is 13.9. The summed E-state index contributed by atoms with van der Waals surface area (Å²) in [4.78, 5) is 2.48. The monoisotopic (exact) mass is 300 g/mol. The van der Waals surface area contributed by atoms with E-state index in [1.54, 1.807) is 11.3 Å². The molecule has 0 fully saturated rings. The van der Waals surface area contributed by atoms with Crippen molar-refractivity contribution in [2.75, 3.05) is 0 Å². The summed E-state index contributed by atoms with van der Waals surface area (Å²) in [7, 11) is 0. The molecule has 1 aromatic heterocycles. The number of hydrogen-bond donors (Lipinski definition) is 1. The minimum absolute atomic E-state index is 0.168. The largest absolute Gasteiger partial charge is 0.387 e. The zero-order valence-electron chi connectivity index (χ0n) is 13.1.